The van der Waals surface area contributed by atoms with Gasteiger partial charge in [0.15, 0.2) is 6.61 Å². The number of hydrogen-bond acceptors (Lipinski definition) is 4. The summed E-state index contributed by atoms with van der Waals surface area (Å²) in [6.07, 6.45) is -2.17. The van der Waals surface area contributed by atoms with E-state index in [0.717, 1.165) is 6.21 Å². The highest BCUT2D eigenvalue weighted by atomic mass is 19.4. The van der Waals surface area contributed by atoms with Crippen molar-refractivity contribution in [2.75, 3.05) is 6.61 Å². The first-order chi connectivity index (χ1) is 7.03. The highest BCUT2D eigenvalue weighted by Gasteiger charge is 2.28. The summed E-state index contributed by atoms with van der Waals surface area (Å²) >= 11 is 0. The van der Waals surface area contributed by atoms with Crippen LogP contribution >= 0.6 is 0 Å². The molecule has 0 fully saturated rings. The Bertz CT molecular complexity index is 352. The van der Waals surface area contributed by atoms with E-state index in [1.807, 2.05) is 0 Å². The van der Waals surface area contributed by atoms with Crippen LogP contribution in [0.15, 0.2) is 23.5 Å². The van der Waals surface area contributed by atoms with Crippen molar-refractivity contribution in [1.29, 1.82) is 0 Å². The molecule has 7 heteroatoms. The monoisotopic (exact) mass is 220 g/mol. The molecule has 0 saturated carbocycles. The van der Waals surface area contributed by atoms with Crippen LogP contribution in [-0.2, 0) is 0 Å². The van der Waals surface area contributed by atoms with E-state index in [0.29, 0.717) is 0 Å². The number of rotatable bonds is 3. The predicted molar refractivity (Wildman–Crippen MR) is 45.2 cm³/mol. The summed E-state index contributed by atoms with van der Waals surface area (Å²) in [6, 6.07) is 2.72. The average molecular weight is 220 g/mol. The van der Waals surface area contributed by atoms with Crippen molar-refractivity contribution >= 4 is 6.21 Å². The Balaban J connectivity index is 2.76. The SMILES string of the molecule is ON=Cc1ncccc1OCC(F)(F)F. The van der Waals surface area contributed by atoms with Gasteiger partial charge in [-0.1, -0.05) is 5.16 Å². The number of nitrogens with zero attached hydrogens (tertiary/aromatic N) is 2. The number of halogens is 3. The Morgan fingerprint density at radius 1 is 1.53 bits per heavy atom. The van der Waals surface area contributed by atoms with E-state index in [2.05, 4.69) is 14.9 Å². The number of ether oxygens (including phenoxy) is 1. The van der Waals surface area contributed by atoms with Crippen molar-refractivity contribution in [2.24, 2.45) is 5.16 Å². The van der Waals surface area contributed by atoms with Crippen molar-refractivity contribution in [1.82, 2.24) is 4.98 Å². The summed E-state index contributed by atoms with van der Waals surface area (Å²) < 4.78 is 40.0. The van der Waals surface area contributed by atoms with Gasteiger partial charge in [0, 0.05) is 6.20 Å². The van der Waals surface area contributed by atoms with Gasteiger partial charge in [0.25, 0.3) is 0 Å². The van der Waals surface area contributed by atoms with Gasteiger partial charge in [-0.25, -0.2) is 0 Å². The van der Waals surface area contributed by atoms with Crippen LogP contribution in [0.5, 0.6) is 5.75 Å². The molecule has 4 nitrogen and oxygen atoms in total. The minimum atomic E-state index is -4.41. The van der Waals surface area contributed by atoms with Crippen LogP contribution in [0, 0.1) is 0 Å². The van der Waals surface area contributed by atoms with Crippen LogP contribution in [0.3, 0.4) is 0 Å². The largest absolute Gasteiger partial charge is 0.482 e. The summed E-state index contributed by atoms with van der Waals surface area (Å²) in [7, 11) is 0. The van der Waals surface area contributed by atoms with E-state index in [9.17, 15) is 13.2 Å². The van der Waals surface area contributed by atoms with Gasteiger partial charge in [-0.05, 0) is 12.1 Å². The zero-order chi connectivity index (χ0) is 11.3. The van der Waals surface area contributed by atoms with Gasteiger partial charge in [-0.15, -0.1) is 0 Å². The standard InChI is InChI=1S/C8H7F3N2O2/c9-8(10,11)5-15-7-2-1-3-12-6(7)4-13-14/h1-4,14H,5H2. The molecule has 0 aromatic carbocycles. The highest BCUT2D eigenvalue weighted by molar-refractivity contribution is 5.80. The molecule has 82 valence electrons. The van der Waals surface area contributed by atoms with Crippen molar-refractivity contribution in [2.45, 2.75) is 6.18 Å². The molecule has 0 aliphatic rings. The van der Waals surface area contributed by atoms with Crippen molar-refractivity contribution in [3.63, 3.8) is 0 Å². The smallest absolute Gasteiger partial charge is 0.422 e. The number of aromatic nitrogens is 1. The fraction of sp³-hybridized carbons (Fsp3) is 0.250. The Morgan fingerprint density at radius 3 is 2.87 bits per heavy atom. The Hall–Kier alpha value is -1.79. The van der Waals surface area contributed by atoms with Gasteiger partial charge in [-0.3, -0.25) is 4.98 Å². The minimum absolute atomic E-state index is 0.0317. The minimum Gasteiger partial charge on any atom is -0.482 e. The third-order valence-electron chi connectivity index (χ3n) is 1.37. The first kappa shape index (κ1) is 11.3. The van der Waals surface area contributed by atoms with Crippen LogP contribution in [-0.4, -0.2) is 29.2 Å². The van der Waals surface area contributed by atoms with Gasteiger partial charge in [0.2, 0.25) is 0 Å². The number of hydrogen-bond donors (Lipinski definition) is 1. The Kier molecular flexibility index (Phi) is 3.48. The predicted octanol–water partition coefficient (Wildman–Crippen LogP) is 1.83. The zero-order valence-corrected chi connectivity index (χ0v) is 7.40. The summed E-state index contributed by atoms with van der Waals surface area (Å²) in [6.45, 7) is -1.41. The lowest BCUT2D eigenvalue weighted by Crippen LogP contribution is -2.19. The molecule has 0 aliphatic heterocycles. The third-order valence-corrected chi connectivity index (χ3v) is 1.37. The molecule has 0 radical (unpaired) electrons. The molecule has 15 heavy (non-hydrogen) atoms. The van der Waals surface area contributed by atoms with Crippen molar-refractivity contribution < 1.29 is 23.1 Å². The topological polar surface area (TPSA) is 54.7 Å². The van der Waals surface area contributed by atoms with Crippen LogP contribution in [0.25, 0.3) is 0 Å². The molecule has 0 aliphatic carbocycles. The van der Waals surface area contributed by atoms with E-state index < -0.39 is 12.8 Å². The normalized spacial score (nSPS) is 11.9. The van der Waals surface area contributed by atoms with Gasteiger partial charge in [0.1, 0.15) is 11.4 Å². The average Bonchev–Trinajstić information content (AvgIpc) is 2.16. The van der Waals surface area contributed by atoms with Crippen LogP contribution in [0.4, 0.5) is 13.2 Å². The highest BCUT2D eigenvalue weighted by Crippen LogP contribution is 2.19. The lowest BCUT2D eigenvalue weighted by molar-refractivity contribution is -0.153. The summed E-state index contributed by atoms with van der Waals surface area (Å²) in [4.78, 5) is 3.67. The number of oxime groups is 1. The van der Waals surface area contributed by atoms with Crippen LogP contribution in [0.1, 0.15) is 5.69 Å². The number of alkyl halides is 3. The van der Waals surface area contributed by atoms with Gasteiger partial charge < -0.3 is 9.94 Å². The molecule has 1 aromatic rings. The van der Waals surface area contributed by atoms with E-state index >= 15 is 0 Å². The Labute approximate surface area is 83.0 Å². The van der Waals surface area contributed by atoms with Gasteiger partial charge >= 0.3 is 6.18 Å². The Morgan fingerprint density at radius 2 is 2.27 bits per heavy atom. The molecule has 0 unspecified atom stereocenters. The molecular formula is C8H7F3N2O2. The molecule has 1 N–H and O–H groups in total. The first-order valence-electron chi connectivity index (χ1n) is 3.85. The molecule has 1 aromatic heterocycles. The second-order valence-electron chi connectivity index (χ2n) is 2.54. The van der Waals surface area contributed by atoms with E-state index in [1.165, 1.54) is 18.3 Å². The summed E-state index contributed by atoms with van der Waals surface area (Å²) in [5.74, 6) is -0.0902. The summed E-state index contributed by atoms with van der Waals surface area (Å²) in [5, 5.41) is 10.9. The maximum atomic E-state index is 11.8. The fourth-order valence-electron chi connectivity index (χ4n) is 0.836. The quantitative estimate of drug-likeness (QED) is 0.480. The molecule has 1 rings (SSSR count). The third kappa shape index (κ3) is 3.84. The van der Waals surface area contributed by atoms with Crippen LogP contribution in [0.2, 0.25) is 0 Å². The molecular weight excluding hydrogens is 213 g/mol. The maximum absolute atomic E-state index is 11.8. The van der Waals surface area contributed by atoms with E-state index in [1.54, 1.807) is 0 Å². The molecule has 0 saturated heterocycles. The second kappa shape index (κ2) is 4.63. The summed E-state index contributed by atoms with van der Waals surface area (Å²) in [5.41, 5.74) is 0.0317. The van der Waals surface area contributed by atoms with Crippen LogP contribution < -0.4 is 4.74 Å². The van der Waals surface area contributed by atoms with Gasteiger partial charge in [-0.2, -0.15) is 13.2 Å². The lowest BCUT2D eigenvalue weighted by Gasteiger charge is -2.09. The molecule has 0 atom stereocenters. The molecule has 0 amide bonds. The molecule has 0 bridgehead atoms. The maximum Gasteiger partial charge on any atom is 0.422 e. The molecule has 0 spiro atoms. The lowest BCUT2D eigenvalue weighted by atomic mass is 10.3. The van der Waals surface area contributed by atoms with Crippen molar-refractivity contribution in [3.8, 4) is 5.75 Å². The van der Waals surface area contributed by atoms with Crippen molar-refractivity contribution in [3.05, 3.63) is 24.0 Å². The fourth-order valence-corrected chi connectivity index (χ4v) is 0.836. The van der Waals surface area contributed by atoms with E-state index in [-0.39, 0.29) is 11.4 Å². The van der Waals surface area contributed by atoms with E-state index in [4.69, 9.17) is 5.21 Å². The zero-order valence-electron chi connectivity index (χ0n) is 7.40. The van der Waals surface area contributed by atoms with Gasteiger partial charge in [0.05, 0.1) is 6.21 Å². The number of pyridine rings is 1. The first-order valence-corrected chi connectivity index (χ1v) is 3.85. The second-order valence-corrected chi connectivity index (χ2v) is 2.54. The molecule has 1 heterocycles.